The molecule has 1 amide bonds. The first-order valence-corrected chi connectivity index (χ1v) is 10.4. The number of nitrogens with one attached hydrogen (secondary N) is 1. The number of carbonyl (C=O) groups excluding carboxylic acids is 3. The van der Waals surface area contributed by atoms with Gasteiger partial charge < -0.3 is 19.5 Å². The van der Waals surface area contributed by atoms with E-state index < -0.39 is 23.5 Å². The van der Waals surface area contributed by atoms with Crippen LogP contribution in [-0.2, 0) is 30.4 Å². The smallest absolute Gasteiger partial charge is 0.408 e. The number of hydrogen-bond donors (Lipinski definition) is 1. The van der Waals surface area contributed by atoms with E-state index in [9.17, 15) is 14.4 Å². The summed E-state index contributed by atoms with van der Waals surface area (Å²) in [5, 5.41) is 2.71. The second kappa shape index (κ2) is 9.37. The SMILES string of the molecule is C=CCOC(=O)N[C@@]1(C(=O)OCc2cc(C)ccc2C)CC[C@H]2[C@H](C(=O)OCC=C)[C@H]21. The monoisotopic (exact) mass is 427 g/mol. The first-order valence-electron chi connectivity index (χ1n) is 10.4. The minimum absolute atomic E-state index is 0.0123. The zero-order valence-corrected chi connectivity index (χ0v) is 18.0. The molecule has 0 heterocycles. The predicted molar refractivity (Wildman–Crippen MR) is 114 cm³/mol. The summed E-state index contributed by atoms with van der Waals surface area (Å²) in [6.07, 6.45) is 3.18. The highest BCUT2D eigenvalue weighted by molar-refractivity contribution is 5.90. The molecule has 3 rings (SSSR count). The minimum atomic E-state index is -1.32. The second-order valence-electron chi connectivity index (χ2n) is 8.16. The van der Waals surface area contributed by atoms with Crippen LogP contribution < -0.4 is 5.32 Å². The molecule has 0 spiro atoms. The third kappa shape index (κ3) is 4.65. The highest BCUT2D eigenvalue weighted by Gasteiger charge is 2.72. The van der Waals surface area contributed by atoms with Gasteiger partial charge in [-0.25, -0.2) is 9.59 Å². The molecule has 0 unspecified atom stereocenters. The Hall–Kier alpha value is -3.09. The van der Waals surface area contributed by atoms with Gasteiger partial charge >= 0.3 is 18.0 Å². The molecule has 1 N–H and O–H groups in total. The van der Waals surface area contributed by atoms with Crippen molar-refractivity contribution in [3.05, 3.63) is 60.2 Å². The molecular weight excluding hydrogens is 398 g/mol. The van der Waals surface area contributed by atoms with E-state index in [-0.39, 0.29) is 37.6 Å². The topological polar surface area (TPSA) is 90.9 Å². The molecule has 2 fully saturated rings. The van der Waals surface area contributed by atoms with Crippen molar-refractivity contribution in [3.63, 3.8) is 0 Å². The molecule has 31 heavy (non-hydrogen) atoms. The average Bonchev–Trinajstić information content (AvgIpc) is 3.38. The van der Waals surface area contributed by atoms with Crippen molar-refractivity contribution in [2.45, 2.75) is 38.8 Å². The van der Waals surface area contributed by atoms with Gasteiger partial charge in [-0.05, 0) is 43.7 Å². The van der Waals surface area contributed by atoms with Crippen LogP contribution >= 0.6 is 0 Å². The molecule has 7 heteroatoms. The summed E-state index contributed by atoms with van der Waals surface area (Å²) in [5.41, 5.74) is 1.64. The molecule has 2 aliphatic carbocycles. The van der Waals surface area contributed by atoms with Crippen LogP contribution in [0.15, 0.2) is 43.5 Å². The van der Waals surface area contributed by atoms with Crippen molar-refractivity contribution in [2.24, 2.45) is 17.8 Å². The Morgan fingerprint density at radius 3 is 2.55 bits per heavy atom. The maximum atomic E-state index is 13.3. The third-order valence-corrected chi connectivity index (χ3v) is 6.11. The van der Waals surface area contributed by atoms with Crippen LogP contribution in [-0.4, -0.2) is 36.8 Å². The maximum Gasteiger partial charge on any atom is 0.408 e. The zero-order chi connectivity index (χ0) is 22.6. The summed E-state index contributed by atoms with van der Waals surface area (Å²) in [5.74, 6) is -1.82. The van der Waals surface area contributed by atoms with Crippen molar-refractivity contribution < 1.29 is 28.6 Å². The second-order valence-corrected chi connectivity index (χ2v) is 8.16. The van der Waals surface area contributed by atoms with Crippen LogP contribution in [0.5, 0.6) is 0 Å². The van der Waals surface area contributed by atoms with Gasteiger partial charge in [-0.3, -0.25) is 4.79 Å². The largest absolute Gasteiger partial charge is 0.461 e. The van der Waals surface area contributed by atoms with Gasteiger partial charge in [0, 0.05) is 5.92 Å². The number of carbonyl (C=O) groups is 3. The number of ether oxygens (including phenoxy) is 3. The van der Waals surface area contributed by atoms with Crippen molar-refractivity contribution in [1.82, 2.24) is 5.32 Å². The Kier molecular flexibility index (Phi) is 6.83. The molecule has 4 atom stereocenters. The lowest BCUT2D eigenvalue weighted by atomic mass is 9.90. The average molecular weight is 427 g/mol. The molecule has 7 nitrogen and oxygen atoms in total. The standard InChI is InChI=1S/C24H29NO6/c1-5-11-29-21(26)19-18-9-10-24(20(18)19,25-23(28)30-12-6-2)22(27)31-14-17-13-15(3)7-8-16(17)4/h5-8,13,18-20H,1-2,9-12,14H2,3-4H3,(H,25,28)/t18-,19-,20-,24-/m0/s1. The molecule has 0 saturated heterocycles. The van der Waals surface area contributed by atoms with Gasteiger partial charge in [0.15, 0.2) is 0 Å². The first-order chi connectivity index (χ1) is 14.8. The molecule has 1 aromatic rings. The highest BCUT2D eigenvalue weighted by atomic mass is 16.6. The summed E-state index contributed by atoms with van der Waals surface area (Å²) in [4.78, 5) is 38.0. The number of hydrogen-bond acceptors (Lipinski definition) is 6. The number of fused-ring (bicyclic) bond motifs is 1. The van der Waals surface area contributed by atoms with Gasteiger partial charge in [0.2, 0.25) is 0 Å². The molecule has 2 saturated carbocycles. The number of rotatable bonds is 9. The maximum absolute atomic E-state index is 13.3. The Morgan fingerprint density at radius 1 is 1.13 bits per heavy atom. The van der Waals surface area contributed by atoms with Crippen LogP contribution in [0.3, 0.4) is 0 Å². The van der Waals surface area contributed by atoms with E-state index in [0.717, 1.165) is 16.7 Å². The molecule has 166 valence electrons. The van der Waals surface area contributed by atoms with Gasteiger partial charge in [-0.1, -0.05) is 49.1 Å². The molecule has 0 aliphatic heterocycles. The molecule has 2 aliphatic rings. The van der Waals surface area contributed by atoms with Crippen LogP contribution in [0, 0.1) is 31.6 Å². The van der Waals surface area contributed by atoms with E-state index in [4.69, 9.17) is 14.2 Å². The van der Waals surface area contributed by atoms with E-state index in [0.29, 0.717) is 12.8 Å². The minimum Gasteiger partial charge on any atom is -0.461 e. The van der Waals surface area contributed by atoms with Gasteiger partial charge in [0.05, 0.1) is 5.92 Å². The van der Waals surface area contributed by atoms with E-state index in [2.05, 4.69) is 18.5 Å². The Morgan fingerprint density at radius 2 is 1.84 bits per heavy atom. The van der Waals surface area contributed by atoms with Crippen LogP contribution in [0.2, 0.25) is 0 Å². The molecule has 0 bridgehead atoms. The van der Waals surface area contributed by atoms with Crippen LogP contribution in [0.4, 0.5) is 4.79 Å². The lowest BCUT2D eigenvalue weighted by molar-refractivity contribution is -0.155. The van der Waals surface area contributed by atoms with E-state index >= 15 is 0 Å². The number of alkyl carbamates (subject to hydrolysis) is 1. The fourth-order valence-corrected chi connectivity index (χ4v) is 4.54. The van der Waals surface area contributed by atoms with Crippen molar-refractivity contribution >= 4 is 18.0 Å². The molecule has 0 radical (unpaired) electrons. The van der Waals surface area contributed by atoms with Crippen LogP contribution in [0.25, 0.3) is 0 Å². The predicted octanol–water partition coefficient (Wildman–Crippen LogP) is 3.38. The Labute approximate surface area is 182 Å². The van der Waals surface area contributed by atoms with Gasteiger partial charge in [0.1, 0.15) is 25.4 Å². The number of aryl methyl sites for hydroxylation is 2. The van der Waals surface area contributed by atoms with Gasteiger partial charge in [0.25, 0.3) is 0 Å². The fraction of sp³-hybridized carbons (Fsp3) is 0.458. The van der Waals surface area contributed by atoms with E-state index in [1.807, 2.05) is 32.0 Å². The van der Waals surface area contributed by atoms with Crippen LogP contribution in [0.1, 0.15) is 29.5 Å². The van der Waals surface area contributed by atoms with E-state index in [1.165, 1.54) is 12.2 Å². The van der Waals surface area contributed by atoms with Gasteiger partial charge in [-0.15, -0.1) is 0 Å². The quantitative estimate of drug-likeness (QED) is 0.369. The molecule has 1 aromatic carbocycles. The first kappa shape index (κ1) is 22.6. The number of benzene rings is 1. The molecule has 0 aromatic heterocycles. The third-order valence-electron chi connectivity index (χ3n) is 6.11. The van der Waals surface area contributed by atoms with E-state index in [1.54, 1.807) is 0 Å². The van der Waals surface area contributed by atoms with Crippen molar-refractivity contribution in [2.75, 3.05) is 13.2 Å². The Bertz CT molecular complexity index is 894. The lowest BCUT2D eigenvalue weighted by Gasteiger charge is -2.30. The summed E-state index contributed by atoms with van der Waals surface area (Å²) in [6.45, 7) is 11.2. The molecular formula is C24H29NO6. The zero-order valence-electron chi connectivity index (χ0n) is 18.0. The summed E-state index contributed by atoms with van der Waals surface area (Å²) >= 11 is 0. The van der Waals surface area contributed by atoms with Crippen molar-refractivity contribution in [3.8, 4) is 0 Å². The lowest BCUT2D eigenvalue weighted by Crippen LogP contribution is -2.56. The normalized spacial score (nSPS) is 25.7. The summed E-state index contributed by atoms with van der Waals surface area (Å²) in [6, 6.07) is 5.92. The number of amides is 1. The van der Waals surface area contributed by atoms with Crippen molar-refractivity contribution in [1.29, 1.82) is 0 Å². The highest BCUT2D eigenvalue weighted by Crippen LogP contribution is 2.63. The Balaban J connectivity index is 1.78. The van der Waals surface area contributed by atoms with Gasteiger partial charge in [-0.2, -0.15) is 0 Å². The fourth-order valence-electron chi connectivity index (χ4n) is 4.54. The number of esters is 2. The summed E-state index contributed by atoms with van der Waals surface area (Å²) in [7, 11) is 0. The summed E-state index contributed by atoms with van der Waals surface area (Å²) < 4.78 is 15.9.